The zero-order valence-corrected chi connectivity index (χ0v) is 14.1. The molecule has 0 aromatic heterocycles. The topological polar surface area (TPSA) is 55.8 Å². The van der Waals surface area contributed by atoms with Gasteiger partial charge in [0.2, 0.25) is 11.8 Å². The maximum Gasteiger partial charge on any atom is 0.241 e. The van der Waals surface area contributed by atoms with Crippen LogP contribution in [0.2, 0.25) is 0 Å². The SMILES string of the molecule is CCCOc1ccc(N2C(=O)[C@@H]3[C@@H](C2=O)[C@]2(C)C=C[C@]3(C)O2)cc1. The molecule has 4 atom stereocenters. The second kappa shape index (κ2) is 4.93. The Hall–Kier alpha value is -2.14. The van der Waals surface area contributed by atoms with Gasteiger partial charge < -0.3 is 9.47 Å². The van der Waals surface area contributed by atoms with Gasteiger partial charge in [-0.25, -0.2) is 4.90 Å². The van der Waals surface area contributed by atoms with Crippen LogP contribution in [-0.2, 0) is 14.3 Å². The van der Waals surface area contributed by atoms with E-state index in [1.807, 2.05) is 32.9 Å². The molecule has 3 heterocycles. The molecule has 2 saturated heterocycles. The van der Waals surface area contributed by atoms with Gasteiger partial charge in [0.05, 0.1) is 35.3 Å². The van der Waals surface area contributed by atoms with Crippen molar-refractivity contribution in [2.75, 3.05) is 11.5 Å². The number of hydrogen-bond acceptors (Lipinski definition) is 4. The summed E-state index contributed by atoms with van der Waals surface area (Å²) in [6.07, 6.45) is 4.77. The summed E-state index contributed by atoms with van der Waals surface area (Å²) in [7, 11) is 0. The van der Waals surface area contributed by atoms with Crippen molar-refractivity contribution < 1.29 is 19.1 Å². The van der Waals surface area contributed by atoms with E-state index in [1.54, 1.807) is 24.3 Å². The second-order valence-electron chi connectivity index (χ2n) is 7.11. The molecule has 24 heavy (non-hydrogen) atoms. The lowest BCUT2D eigenvalue weighted by atomic mass is 9.73. The van der Waals surface area contributed by atoms with Gasteiger partial charge in [0.15, 0.2) is 0 Å². The quantitative estimate of drug-likeness (QED) is 0.630. The number of hydrogen-bond donors (Lipinski definition) is 0. The number of nitrogens with zero attached hydrogens (tertiary/aromatic N) is 1. The molecule has 0 saturated carbocycles. The van der Waals surface area contributed by atoms with Gasteiger partial charge >= 0.3 is 0 Å². The highest BCUT2D eigenvalue weighted by molar-refractivity contribution is 6.23. The van der Waals surface area contributed by atoms with Crippen LogP contribution in [-0.4, -0.2) is 29.6 Å². The molecule has 3 aliphatic rings. The maximum atomic E-state index is 13.0. The average molecular weight is 327 g/mol. The Balaban J connectivity index is 1.64. The monoisotopic (exact) mass is 327 g/mol. The van der Waals surface area contributed by atoms with E-state index >= 15 is 0 Å². The van der Waals surface area contributed by atoms with E-state index in [4.69, 9.17) is 9.47 Å². The molecule has 1 aromatic rings. The predicted molar refractivity (Wildman–Crippen MR) is 88.7 cm³/mol. The third-order valence-electron chi connectivity index (χ3n) is 5.29. The van der Waals surface area contributed by atoms with Gasteiger partial charge in [-0.05, 0) is 44.5 Å². The highest BCUT2D eigenvalue weighted by Gasteiger charge is 2.70. The highest BCUT2D eigenvalue weighted by atomic mass is 16.5. The zero-order valence-electron chi connectivity index (χ0n) is 14.1. The van der Waals surface area contributed by atoms with E-state index in [2.05, 4.69) is 0 Å². The first-order chi connectivity index (χ1) is 11.4. The van der Waals surface area contributed by atoms with E-state index in [0.717, 1.165) is 12.2 Å². The third-order valence-corrected chi connectivity index (χ3v) is 5.29. The Bertz CT molecular complexity index is 704. The van der Waals surface area contributed by atoms with Gasteiger partial charge in [0, 0.05) is 0 Å². The van der Waals surface area contributed by atoms with Crippen LogP contribution >= 0.6 is 0 Å². The summed E-state index contributed by atoms with van der Waals surface area (Å²) >= 11 is 0. The molecule has 3 aliphatic heterocycles. The van der Waals surface area contributed by atoms with Crippen LogP contribution in [0.1, 0.15) is 27.2 Å². The van der Waals surface area contributed by atoms with Crippen LogP contribution < -0.4 is 9.64 Å². The molecule has 1 aromatic carbocycles. The molecule has 0 spiro atoms. The Morgan fingerprint density at radius 1 is 1.04 bits per heavy atom. The first kappa shape index (κ1) is 15.4. The Kier molecular flexibility index (Phi) is 3.16. The van der Waals surface area contributed by atoms with Gasteiger partial charge in [0.25, 0.3) is 0 Å². The van der Waals surface area contributed by atoms with Crippen molar-refractivity contribution in [2.45, 2.75) is 38.4 Å². The van der Waals surface area contributed by atoms with Gasteiger partial charge in [-0.2, -0.15) is 0 Å². The fourth-order valence-corrected chi connectivity index (χ4v) is 4.20. The van der Waals surface area contributed by atoms with Crippen LogP contribution in [0.3, 0.4) is 0 Å². The smallest absolute Gasteiger partial charge is 0.241 e. The van der Waals surface area contributed by atoms with Gasteiger partial charge in [-0.3, -0.25) is 9.59 Å². The van der Waals surface area contributed by atoms with E-state index < -0.39 is 23.0 Å². The molecule has 5 heteroatoms. The van der Waals surface area contributed by atoms with Gasteiger partial charge in [-0.1, -0.05) is 19.1 Å². The van der Waals surface area contributed by atoms with Crippen molar-refractivity contribution in [1.29, 1.82) is 0 Å². The second-order valence-corrected chi connectivity index (χ2v) is 7.11. The fourth-order valence-electron chi connectivity index (χ4n) is 4.20. The van der Waals surface area contributed by atoms with Gasteiger partial charge in [0.1, 0.15) is 5.75 Å². The Morgan fingerprint density at radius 2 is 1.58 bits per heavy atom. The lowest BCUT2D eigenvalue weighted by Crippen LogP contribution is -2.39. The maximum absolute atomic E-state index is 13.0. The molecule has 2 fully saturated rings. The minimum absolute atomic E-state index is 0.178. The molecule has 2 amide bonds. The number of anilines is 1. The largest absolute Gasteiger partial charge is 0.494 e. The normalized spacial score (nSPS) is 36.5. The molecule has 2 bridgehead atoms. The standard InChI is InChI=1S/C19H21NO4/c1-4-11-23-13-7-5-12(6-8-13)20-16(21)14-15(17(20)22)19(3)10-9-18(14,2)24-19/h5-10,14-15H,4,11H2,1-3H3/t14-,15-,18-,19-/m0/s1. The lowest BCUT2D eigenvalue weighted by Gasteiger charge is -2.25. The number of amides is 2. The number of ether oxygens (including phenoxy) is 2. The molecule has 0 unspecified atom stereocenters. The zero-order chi connectivity index (χ0) is 17.1. The number of imide groups is 1. The summed E-state index contributed by atoms with van der Waals surface area (Å²) in [6.45, 7) is 6.45. The van der Waals surface area contributed by atoms with Crippen LogP contribution in [0.25, 0.3) is 0 Å². The first-order valence-corrected chi connectivity index (χ1v) is 8.41. The van der Waals surface area contributed by atoms with Crippen molar-refractivity contribution >= 4 is 17.5 Å². The number of rotatable bonds is 4. The fraction of sp³-hybridized carbons (Fsp3) is 0.474. The number of carbonyl (C=O) groups excluding carboxylic acids is 2. The summed E-state index contributed by atoms with van der Waals surface area (Å²) in [5, 5.41) is 0. The summed E-state index contributed by atoms with van der Waals surface area (Å²) in [4.78, 5) is 27.2. The molecule has 0 aliphatic carbocycles. The molecule has 4 rings (SSSR count). The van der Waals surface area contributed by atoms with E-state index in [1.165, 1.54) is 4.90 Å². The van der Waals surface area contributed by atoms with E-state index in [9.17, 15) is 9.59 Å². The predicted octanol–water partition coefficient (Wildman–Crippen LogP) is 2.70. The van der Waals surface area contributed by atoms with Crippen LogP contribution in [0.4, 0.5) is 5.69 Å². The summed E-state index contributed by atoms with van der Waals surface area (Å²) < 4.78 is 11.6. The Labute approximate surface area is 141 Å². The summed E-state index contributed by atoms with van der Waals surface area (Å²) in [6, 6.07) is 7.13. The van der Waals surface area contributed by atoms with Crippen molar-refractivity contribution in [1.82, 2.24) is 0 Å². The number of fused-ring (bicyclic) bond motifs is 5. The molecule has 0 N–H and O–H groups in total. The summed E-state index contributed by atoms with van der Waals surface area (Å²) in [5.74, 6) is -0.512. The number of benzene rings is 1. The van der Waals surface area contributed by atoms with Crippen LogP contribution in [0.5, 0.6) is 5.75 Å². The van der Waals surface area contributed by atoms with Crippen molar-refractivity contribution in [3.63, 3.8) is 0 Å². The Morgan fingerprint density at radius 3 is 2.08 bits per heavy atom. The lowest BCUT2D eigenvalue weighted by molar-refractivity contribution is -0.128. The minimum Gasteiger partial charge on any atom is -0.494 e. The van der Waals surface area contributed by atoms with Crippen molar-refractivity contribution in [3.05, 3.63) is 36.4 Å². The van der Waals surface area contributed by atoms with Gasteiger partial charge in [-0.15, -0.1) is 0 Å². The molecule has 5 nitrogen and oxygen atoms in total. The van der Waals surface area contributed by atoms with E-state index in [0.29, 0.717) is 12.3 Å². The molecular weight excluding hydrogens is 306 g/mol. The van der Waals surface area contributed by atoms with Crippen LogP contribution in [0.15, 0.2) is 36.4 Å². The third kappa shape index (κ3) is 1.91. The van der Waals surface area contributed by atoms with Crippen molar-refractivity contribution in [2.24, 2.45) is 11.8 Å². The van der Waals surface area contributed by atoms with Crippen LogP contribution in [0, 0.1) is 11.8 Å². The molecule has 0 radical (unpaired) electrons. The number of carbonyl (C=O) groups is 2. The highest BCUT2D eigenvalue weighted by Crippen LogP contribution is 2.57. The van der Waals surface area contributed by atoms with Crippen molar-refractivity contribution in [3.8, 4) is 5.75 Å². The molecule has 126 valence electrons. The minimum atomic E-state index is -0.689. The summed E-state index contributed by atoms with van der Waals surface area (Å²) in [5.41, 5.74) is -0.786. The molecular formula is C19H21NO4. The average Bonchev–Trinajstić information content (AvgIpc) is 3.10. The first-order valence-electron chi connectivity index (χ1n) is 8.41. The van der Waals surface area contributed by atoms with E-state index in [-0.39, 0.29) is 11.8 Å².